The zero-order valence-electron chi connectivity index (χ0n) is 13.6. The standard InChI is InChI=1S/C16H9ClN6O3S/c1-7-4-10(17)20-14-11(7)12(24)8(15(25)26)5-23(14)16-21-13(22-27-16)9-2-3-18-6-19-9/h2-6H,1H3,(H,25,26). The monoisotopic (exact) mass is 400 g/mol. The van der Waals surface area contributed by atoms with Gasteiger partial charge in [0.1, 0.15) is 22.7 Å². The minimum Gasteiger partial charge on any atom is -0.477 e. The van der Waals surface area contributed by atoms with E-state index in [1.807, 2.05) is 0 Å². The molecule has 4 aromatic rings. The van der Waals surface area contributed by atoms with Gasteiger partial charge in [-0.15, -0.1) is 0 Å². The number of hydrogen-bond donors (Lipinski definition) is 1. The Labute approximate surface area is 160 Å². The number of aromatic carboxylic acids is 1. The molecule has 27 heavy (non-hydrogen) atoms. The molecule has 0 aliphatic carbocycles. The van der Waals surface area contributed by atoms with Crippen LogP contribution in [0.2, 0.25) is 5.15 Å². The molecule has 0 fully saturated rings. The highest BCUT2D eigenvalue weighted by atomic mass is 35.5. The lowest BCUT2D eigenvalue weighted by Crippen LogP contribution is -2.20. The summed E-state index contributed by atoms with van der Waals surface area (Å²) in [6.45, 7) is 1.67. The number of carboxylic acid groups (broad SMARTS) is 1. The zero-order chi connectivity index (χ0) is 19.1. The highest BCUT2D eigenvalue weighted by Gasteiger charge is 2.20. The summed E-state index contributed by atoms with van der Waals surface area (Å²) in [6.07, 6.45) is 4.11. The normalized spacial score (nSPS) is 11.0. The lowest BCUT2D eigenvalue weighted by Gasteiger charge is -2.10. The van der Waals surface area contributed by atoms with Crippen molar-refractivity contribution in [1.29, 1.82) is 0 Å². The first-order valence-corrected chi connectivity index (χ1v) is 8.67. The highest BCUT2D eigenvalue weighted by molar-refractivity contribution is 7.08. The summed E-state index contributed by atoms with van der Waals surface area (Å²) >= 11 is 7.06. The van der Waals surface area contributed by atoms with Crippen molar-refractivity contribution in [2.75, 3.05) is 0 Å². The van der Waals surface area contributed by atoms with Gasteiger partial charge in [-0.2, -0.15) is 9.36 Å². The number of pyridine rings is 2. The maximum Gasteiger partial charge on any atom is 0.341 e. The molecule has 1 N–H and O–H groups in total. The molecular weight excluding hydrogens is 392 g/mol. The van der Waals surface area contributed by atoms with Crippen LogP contribution in [0, 0.1) is 6.92 Å². The molecule has 0 saturated heterocycles. The van der Waals surface area contributed by atoms with Crippen LogP contribution in [0.4, 0.5) is 0 Å². The molecule has 0 aliphatic rings. The Kier molecular flexibility index (Phi) is 4.13. The van der Waals surface area contributed by atoms with Crippen LogP contribution in [-0.4, -0.2) is 40.0 Å². The van der Waals surface area contributed by atoms with Crippen molar-refractivity contribution >= 4 is 40.1 Å². The Balaban J connectivity index is 2.02. The molecule has 0 spiro atoms. The second-order valence-corrected chi connectivity index (χ2v) is 6.62. The topological polar surface area (TPSA) is 124 Å². The van der Waals surface area contributed by atoms with E-state index in [0.29, 0.717) is 22.2 Å². The van der Waals surface area contributed by atoms with Crippen molar-refractivity contribution < 1.29 is 9.90 Å². The van der Waals surface area contributed by atoms with Gasteiger partial charge in [0.2, 0.25) is 10.6 Å². The summed E-state index contributed by atoms with van der Waals surface area (Å²) in [6, 6.07) is 3.16. The summed E-state index contributed by atoms with van der Waals surface area (Å²) in [5, 5.41) is 10.1. The van der Waals surface area contributed by atoms with E-state index >= 15 is 0 Å². The van der Waals surface area contributed by atoms with Crippen LogP contribution in [-0.2, 0) is 0 Å². The Morgan fingerprint density at radius 2 is 2.15 bits per heavy atom. The summed E-state index contributed by atoms with van der Waals surface area (Å²) < 4.78 is 5.65. The Bertz CT molecular complexity index is 1250. The maximum absolute atomic E-state index is 12.6. The van der Waals surface area contributed by atoms with Crippen molar-refractivity contribution in [3.63, 3.8) is 0 Å². The molecule has 4 rings (SSSR count). The highest BCUT2D eigenvalue weighted by Crippen LogP contribution is 2.24. The van der Waals surface area contributed by atoms with Gasteiger partial charge in [0, 0.05) is 23.9 Å². The van der Waals surface area contributed by atoms with Gasteiger partial charge >= 0.3 is 5.97 Å². The first-order valence-electron chi connectivity index (χ1n) is 7.52. The van der Waals surface area contributed by atoms with E-state index < -0.39 is 17.0 Å². The minimum atomic E-state index is -1.34. The molecule has 4 aromatic heterocycles. The lowest BCUT2D eigenvalue weighted by atomic mass is 10.1. The molecule has 4 heterocycles. The first-order chi connectivity index (χ1) is 13.0. The van der Waals surface area contributed by atoms with Gasteiger partial charge in [-0.3, -0.25) is 9.36 Å². The molecule has 9 nitrogen and oxygen atoms in total. The van der Waals surface area contributed by atoms with E-state index in [1.165, 1.54) is 23.2 Å². The number of fused-ring (bicyclic) bond motifs is 1. The third-order valence-electron chi connectivity index (χ3n) is 3.79. The second-order valence-electron chi connectivity index (χ2n) is 5.50. The van der Waals surface area contributed by atoms with Crippen LogP contribution < -0.4 is 5.43 Å². The van der Waals surface area contributed by atoms with E-state index in [1.54, 1.807) is 19.2 Å². The summed E-state index contributed by atoms with van der Waals surface area (Å²) in [5.41, 5.74) is 0.218. The van der Waals surface area contributed by atoms with Crippen molar-refractivity contribution in [3.8, 4) is 16.6 Å². The van der Waals surface area contributed by atoms with E-state index in [4.69, 9.17) is 11.6 Å². The van der Waals surface area contributed by atoms with Crippen LogP contribution >= 0.6 is 23.1 Å². The number of carboxylic acids is 1. The first kappa shape index (κ1) is 17.2. The molecule has 0 saturated carbocycles. The number of aromatic nitrogens is 6. The van der Waals surface area contributed by atoms with Gasteiger partial charge in [-0.05, 0) is 24.6 Å². The minimum absolute atomic E-state index is 0.165. The van der Waals surface area contributed by atoms with Crippen molar-refractivity contribution in [2.24, 2.45) is 0 Å². The average molecular weight is 401 g/mol. The van der Waals surface area contributed by atoms with Gasteiger partial charge in [-0.25, -0.2) is 19.7 Å². The molecule has 0 amide bonds. The molecule has 0 aromatic carbocycles. The van der Waals surface area contributed by atoms with E-state index in [9.17, 15) is 14.7 Å². The summed E-state index contributed by atoms with van der Waals surface area (Å²) in [4.78, 5) is 40.7. The van der Waals surface area contributed by atoms with Gasteiger partial charge in [0.15, 0.2) is 11.5 Å². The smallest absolute Gasteiger partial charge is 0.341 e. The average Bonchev–Trinajstić information content (AvgIpc) is 3.11. The van der Waals surface area contributed by atoms with Crippen molar-refractivity contribution in [1.82, 2.24) is 28.9 Å². The Hall–Kier alpha value is -3.24. The predicted molar refractivity (Wildman–Crippen MR) is 98.5 cm³/mol. The molecule has 134 valence electrons. The third kappa shape index (κ3) is 2.94. The fourth-order valence-corrected chi connectivity index (χ4v) is 3.49. The molecule has 0 atom stereocenters. The lowest BCUT2D eigenvalue weighted by molar-refractivity contribution is 0.0695. The number of nitrogens with zero attached hydrogens (tertiary/aromatic N) is 6. The molecule has 11 heteroatoms. The SMILES string of the molecule is Cc1cc(Cl)nc2c1c(=O)c(C(=O)O)cn2-c1nc(-c2ccncn2)ns1. The largest absolute Gasteiger partial charge is 0.477 e. The van der Waals surface area contributed by atoms with Gasteiger partial charge < -0.3 is 5.11 Å². The van der Waals surface area contributed by atoms with Gasteiger partial charge in [-0.1, -0.05) is 11.6 Å². The fourth-order valence-electron chi connectivity index (χ4n) is 2.59. The van der Waals surface area contributed by atoms with Crippen LogP contribution in [0.15, 0.2) is 35.6 Å². The van der Waals surface area contributed by atoms with Gasteiger partial charge in [0.25, 0.3) is 0 Å². The molecule has 0 bridgehead atoms. The summed E-state index contributed by atoms with van der Waals surface area (Å²) in [5.74, 6) is -0.995. The number of carbonyl (C=O) groups is 1. The predicted octanol–water partition coefficient (Wildman–Crippen LogP) is 2.35. The number of rotatable bonds is 3. The molecule has 0 unspecified atom stereocenters. The molecule has 0 radical (unpaired) electrons. The van der Waals surface area contributed by atoms with Crippen LogP contribution in [0.1, 0.15) is 15.9 Å². The Morgan fingerprint density at radius 1 is 1.33 bits per heavy atom. The molecule has 0 aliphatic heterocycles. The second kappa shape index (κ2) is 6.49. The van der Waals surface area contributed by atoms with Crippen molar-refractivity contribution in [2.45, 2.75) is 6.92 Å². The van der Waals surface area contributed by atoms with Gasteiger partial charge in [0.05, 0.1) is 5.39 Å². The van der Waals surface area contributed by atoms with E-state index in [-0.39, 0.29) is 16.2 Å². The van der Waals surface area contributed by atoms with Crippen molar-refractivity contribution in [3.05, 3.63) is 57.4 Å². The third-order valence-corrected chi connectivity index (χ3v) is 4.70. The number of hydrogen-bond acceptors (Lipinski definition) is 8. The zero-order valence-corrected chi connectivity index (χ0v) is 15.2. The fraction of sp³-hybridized carbons (Fsp3) is 0.0625. The van der Waals surface area contributed by atoms with Crippen LogP contribution in [0.3, 0.4) is 0 Å². The molecular formula is C16H9ClN6O3S. The van der Waals surface area contributed by atoms with Crippen LogP contribution in [0.5, 0.6) is 0 Å². The summed E-state index contributed by atoms with van der Waals surface area (Å²) in [7, 11) is 0. The van der Waals surface area contributed by atoms with E-state index in [2.05, 4.69) is 24.3 Å². The quantitative estimate of drug-likeness (QED) is 0.519. The number of aryl methyl sites for hydroxylation is 1. The van der Waals surface area contributed by atoms with E-state index in [0.717, 1.165) is 11.5 Å². The maximum atomic E-state index is 12.6. The number of halogens is 1. The van der Waals surface area contributed by atoms with Crippen LogP contribution in [0.25, 0.3) is 27.7 Å². The Morgan fingerprint density at radius 3 is 2.85 bits per heavy atom.